The maximum Gasteiger partial charge on any atom is 0.338 e. The van der Waals surface area contributed by atoms with E-state index in [4.69, 9.17) is 5.11 Å². The molecule has 5 heteroatoms. The molecule has 1 saturated heterocycles. The Bertz CT molecular complexity index is 418. The first-order chi connectivity index (χ1) is 7.74. The van der Waals surface area contributed by atoms with Crippen LogP contribution in [0.3, 0.4) is 0 Å². The summed E-state index contributed by atoms with van der Waals surface area (Å²) in [5, 5.41) is 8.75. The fraction of sp³-hybridized carbons (Fsp3) is 0.545. The molecule has 5 nitrogen and oxygen atoms in total. The fourth-order valence-electron chi connectivity index (χ4n) is 2.75. The minimum Gasteiger partial charge on any atom is -0.478 e. The van der Waals surface area contributed by atoms with Crippen molar-refractivity contribution in [1.29, 1.82) is 0 Å². The van der Waals surface area contributed by atoms with Gasteiger partial charge in [0, 0.05) is 25.0 Å². The summed E-state index contributed by atoms with van der Waals surface area (Å²) >= 11 is 0. The standard InChI is InChI=1S/C11H13N3O2/c15-10(16)8-4-12-11(13-5-8)14-6-7-1-2-9(14)3-7/h4-5,7,9H,1-3,6H2,(H,15,16). The van der Waals surface area contributed by atoms with E-state index in [1.54, 1.807) is 0 Å². The van der Waals surface area contributed by atoms with Crippen LogP contribution < -0.4 is 4.90 Å². The number of aromatic carboxylic acids is 1. The van der Waals surface area contributed by atoms with Gasteiger partial charge in [0.1, 0.15) is 0 Å². The van der Waals surface area contributed by atoms with Gasteiger partial charge in [0.05, 0.1) is 5.56 Å². The molecule has 1 aliphatic heterocycles. The number of hydrogen-bond donors (Lipinski definition) is 1. The number of hydrogen-bond acceptors (Lipinski definition) is 4. The van der Waals surface area contributed by atoms with Gasteiger partial charge in [-0.2, -0.15) is 0 Å². The topological polar surface area (TPSA) is 66.3 Å². The summed E-state index contributed by atoms with van der Waals surface area (Å²) in [7, 11) is 0. The number of rotatable bonds is 2. The van der Waals surface area contributed by atoms with Gasteiger partial charge in [0.2, 0.25) is 5.95 Å². The molecular weight excluding hydrogens is 206 g/mol. The van der Waals surface area contributed by atoms with E-state index >= 15 is 0 Å². The Morgan fingerprint density at radius 1 is 1.38 bits per heavy atom. The van der Waals surface area contributed by atoms with Crippen molar-refractivity contribution in [2.24, 2.45) is 5.92 Å². The molecule has 0 spiro atoms. The summed E-state index contributed by atoms with van der Waals surface area (Å²) in [4.78, 5) is 21.1. The highest BCUT2D eigenvalue weighted by Gasteiger charge is 2.38. The van der Waals surface area contributed by atoms with Gasteiger partial charge in [-0.1, -0.05) is 0 Å². The minimum atomic E-state index is -0.977. The van der Waals surface area contributed by atoms with Gasteiger partial charge in [0.25, 0.3) is 0 Å². The Labute approximate surface area is 93.1 Å². The number of carboxylic acid groups (broad SMARTS) is 1. The van der Waals surface area contributed by atoms with E-state index in [0.717, 1.165) is 12.5 Å². The summed E-state index contributed by atoms with van der Waals surface area (Å²) in [5.74, 6) is 0.486. The van der Waals surface area contributed by atoms with E-state index in [1.165, 1.54) is 31.7 Å². The van der Waals surface area contributed by atoms with Crippen molar-refractivity contribution in [2.75, 3.05) is 11.4 Å². The lowest BCUT2D eigenvalue weighted by atomic mass is 10.1. The van der Waals surface area contributed by atoms with Crippen LogP contribution in [0.2, 0.25) is 0 Å². The number of fused-ring (bicyclic) bond motifs is 2. The maximum absolute atomic E-state index is 10.7. The average molecular weight is 219 g/mol. The fourth-order valence-corrected chi connectivity index (χ4v) is 2.75. The minimum absolute atomic E-state index is 0.146. The molecular formula is C11H13N3O2. The SMILES string of the molecule is O=C(O)c1cnc(N2CC3CCC2C3)nc1. The van der Waals surface area contributed by atoms with Crippen LogP contribution in [0.1, 0.15) is 29.6 Å². The molecule has 2 unspecified atom stereocenters. The highest BCUT2D eigenvalue weighted by Crippen LogP contribution is 2.38. The van der Waals surface area contributed by atoms with E-state index in [1.807, 2.05) is 0 Å². The van der Waals surface area contributed by atoms with Crippen molar-refractivity contribution in [3.63, 3.8) is 0 Å². The molecule has 2 heterocycles. The first-order valence-corrected chi connectivity index (χ1v) is 5.56. The highest BCUT2D eigenvalue weighted by molar-refractivity contribution is 5.86. The number of anilines is 1. The molecule has 1 aromatic heterocycles. The smallest absolute Gasteiger partial charge is 0.338 e. The van der Waals surface area contributed by atoms with Crippen molar-refractivity contribution in [3.05, 3.63) is 18.0 Å². The Kier molecular flexibility index (Phi) is 2.05. The molecule has 1 saturated carbocycles. The summed E-state index contributed by atoms with van der Waals surface area (Å²) in [6.07, 6.45) is 6.54. The van der Waals surface area contributed by atoms with Gasteiger partial charge < -0.3 is 10.0 Å². The third-order valence-corrected chi connectivity index (χ3v) is 3.55. The second-order valence-corrected chi connectivity index (χ2v) is 4.56. The summed E-state index contributed by atoms with van der Waals surface area (Å²) in [6.45, 7) is 1.02. The lowest BCUT2D eigenvalue weighted by Crippen LogP contribution is -2.33. The summed E-state index contributed by atoms with van der Waals surface area (Å²) in [5.41, 5.74) is 0.146. The van der Waals surface area contributed by atoms with Gasteiger partial charge >= 0.3 is 5.97 Å². The van der Waals surface area contributed by atoms with Crippen molar-refractivity contribution in [2.45, 2.75) is 25.3 Å². The number of piperidine rings is 1. The second-order valence-electron chi connectivity index (χ2n) is 4.56. The van der Waals surface area contributed by atoms with Crippen LogP contribution >= 0.6 is 0 Å². The maximum atomic E-state index is 10.7. The van der Waals surface area contributed by atoms with Crippen LogP contribution in [-0.2, 0) is 0 Å². The zero-order valence-electron chi connectivity index (χ0n) is 8.83. The number of carbonyl (C=O) groups is 1. The molecule has 2 aliphatic rings. The molecule has 84 valence electrons. The Morgan fingerprint density at radius 2 is 2.12 bits per heavy atom. The molecule has 16 heavy (non-hydrogen) atoms. The number of aromatic nitrogens is 2. The molecule has 1 aromatic rings. The Balaban J connectivity index is 1.82. The van der Waals surface area contributed by atoms with Crippen molar-refractivity contribution < 1.29 is 9.90 Å². The normalized spacial score (nSPS) is 27.4. The van der Waals surface area contributed by atoms with Crippen LogP contribution in [0.25, 0.3) is 0 Å². The van der Waals surface area contributed by atoms with Gasteiger partial charge in [-0.15, -0.1) is 0 Å². The van der Waals surface area contributed by atoms with Crippen LogP contribution in [-0.4, -0.2) is 33.6 Å². The number of carboxylic acids is 1. The highest BCUT2D eigenvalue weighted by atomic mass is 16.4. The van der Waals surface area contributed by atoms with Gasteiger partial charge in [-0.25, -0.2) is 14.8 Å². The van der Waals surface area contributed by atoms with Crippen LogP contribution in [0.4, 0.5) is 5.95 Å². The molecule has 2 bridgehead atoms. The summed E-state index contributed by atoms with van der Waals surface area (Å²) < 4.78 is 0. The van der Waals surface area contributed by atoms with E-state index in [-0.39, 0.29) is 5.56 Å². The third kappa shape index (κ3) is 1.43. The summed E-state index contributed by atoms with van der Waals surface area (Å²) in [6, 6.07) is 0.570. The van der Waals surface area contributed by atoms with Crippen LogP contribution in [0.15, 0.2) is 12.4 Å². The lowest BCUT2D eigenvalue weighted by Gasteiger charge is -2.26. The molecule has 3 rings (SSSR count). The largest absolute Gasteiger partial charge is 0.478 e. The van der Waals surface area contributed by atoms with Crippen LogP contribution in [0, 0.1) is 5.92 Å². The molecule has 0 radical (unpaired) electrons. The monoisotopic (exact) mass is 219 g/mol. The molecule has 2 fully saturated rings. The van der Waals surface area contributed by atoms with Gasteiger partial charge in [-0.05, 0) is 25.2 Å². The van der Waals surface area contributed by atoms with E-state index in [9.17, 15) is 4.79 Å². The second kappa shape index (κ2) is 3.43. The molecule has 1 N–H and O–H groups in total. The molecule has 2 atom stereocenters. The zero-order chi connectivity index (χ0) is 11.1. The van der Waals surface area contributed by atoms with Gasteiger partial charge in [-0.3, -0.25) is 0 Å². The van der Waals surface area contributed by atoms with E-state index < -0.39 is 5.97 Å². The lowest BCUT2D eigenvalue weighted by molar-refractivity contribution is 0.0696. The number of nitrogens with zero attached hydrogens (tertiary/aromatic N) is 3. The molecule has 0 amide bonds. The first-order valence-electron chi connectivity index (χ1n) is 5.56. The quantitative estimate of drug-likeness (QED) is 0.808. The van der Waals surface area contributed by atoms with Gasteiger partial charge in [0.15, 0.2) is 0 Å². The first kappa shape index (κ1) is 9.57. The van der Waals surface area contributed by atoms with Crippen molar-refractivity contribution in [3.8, 4) is 0 Å². The van der Waals surface area contributed by atoms with E-state index in [0.29, 0.717) is 12.0 Å². The van der Waals surface area contributed by atoms with E-state index in [2.05, 4.69) is 14.9 Å². The predicted octanol–water partition coefficient (Wildman–Crippen LogP) is 1.16. The predicted molar refractivity (Wildman–Crippen MR) is 57.5 cm³/mol. The van der Waals surface area contributed by atoms with Crippen LogP contribution in [0.5, 0.6) is 0 Å². The third-order valence-electron chi connectivity index (χ3n) is 3.55. The van der Waals surface area contributed by atoms with Crippen molar-refractivity contribution >= 4 is 11.9 Å². The Morgan fingerprint density at radius 3 is 2.62 bits per heavy atom. The molecule has 0 aromatic carbocycles. The molecule has 1 aliphatic carbocycles. The zero-order valence-corrected chi connectivity index (χ0v) is 8.83. The van der Waals surface area contributed by atoms with Crippen molar-refractivity contribution in [1.82, 2.24) is 9.97 Å². The Hall–Kier alpha value is -1.65. The average Bonchev–Trinajstić information content (AvgIpc) is 2.91.